The number of nitrogens with one attached hydrogen (secondary N) is 2. The van der Waals surface area contributed by atoms with Gasteiger partial charge in [0.25, 0.3) is 0 Å². The molecule has 0 spiro atoms. The summed E-state index contributed by atoms with van der Waals surface area (Å²) >= 11 is 5.75. The first-order valence-corrected chi connectivity index (χ1v) is 7.27. The number of halogens is 2. The summed E-state index contributed by atoms with van der Waals surface area (Å²) in [5, 5.41) is 12.2. The van der Waals surface area contributed by atoms with Crippen molar-refractivity contribution in [3.8, 4) is 0 Å². The first-order valence-electron chi connectivity index (χ1n) is 6.90. The number of aromatic amines is 1. The molecule has 0 aliphatic heterocycles. The third kappa shape index (κ3) is 2.93. The van der Waals surface area contributed by atoms with Gasteiger partial charge in [0.05, 0.1) is 16.2 Å². The van der Waals surface area contributed by atoms with Crippen molar-refractivity contribution in [3.05, 3.63) is 65.0 Å². The van der Waals surface area contributed by atoms with Crippen LogP contribution < -0.4 is 5.32 Å². The Bertz CT molecular complexity index is 954. The molecule has 0 saturated heterocycles. The molecule has 3 N–H and O–H groups in total. The maximum atomic E-state index is 13.2. The number of carboxylic acid groups (broad SMARTS) is 1. The Kier molecular flexibility index (Phi) is 4.18. The smallest absolute Gasteiger partial charge is 0.339 e. The number of aromatic carboxylic acids is 1. The SMILES string of the molecule is C=C(NCc1ccc(F)c(Cl)c1)c1ncnc2c(C(=O)O)c[nH]c12. The van der Waals surface area contributed by atoms with E-state index in [2.05, 4.69) is 26.8 Å². The Labute approximate surface area is 141 Å². The van der Waals surface area contributed by atoms with Crippen LogP contribution in [0.25, 0.3) is 16.7 Å². The molecule has 0 radical (unpaired) electrons. The molecule has 0 bridgehead atoms. The fourth-order valence-electron chi connectivity index (χ4n) is 2.27. The molecule has 122 valence electrons. The average molecular weight is 347 g/mol. The van der Waals surface area contributed by atoms with Gasteiger partial charge in [-0.05, 0) is 17.7 Å². The standard InChI is InChI=1S/C16H12ClFN4O2/c1-8(19-5-9-2-3-12(18)11(17)4-9)13-15-14(22-7-21-13)10(6-20-15)16(23)24/h2-4,6-7,19-20H,1,5H2,(H,23,24). The summed E-state index contributed by atoms with van der Waals surface area (Å²) in [5.74, 6) is -1.56. The molecule has 0 aliphatic carbocycles. The van der Waals surface area contributed by atoms with Gasteiger partial charge in [-0.3, -0.25) is 0 Å². The van der Waals surface area contributed by atoms with Crippen molar-refractivity contribution >= 4 is 34.3 Å². The van der Waals surface area contributed by atoms with Gasteiger partial charge in [0, 0.05) is 12.7 Å². The Morgan fingerprint density at radius 3 is 2.92 bits per heavy atom. The second-order valence-corrected chi connectivity index (χ2v) is 5.44. The van der Waals surface area contributed by atoms with Gasteiger partial charge in [-0.25, -0.2) is 19.2 Å². The van der Waals surface area contributed by atoms with Crippen molar-refractivity contribution in [1.29, 1.82) is 0 Å². The van der Waals surface area contributed by atoms with Crippen LogP contribution in [-0.4, -0.2) is 26.0 Å². The minimum absolute atomic E-state index is 0.0415. The summed E-state index contributed by atoms with van der Waals surface area (Å²) in [6.07, 6.45) is 2.64. The Balaban J connectivity index is 1.83. The summed E-state index contributed by atoms with van der Waals surface area (Å²) < 4.78 is 13.2. The molecule has 0 saturated carbocycles. The number of fused-ring (bicyclic) bond motifs is 1. The molecule has 3 aromatic rings. The van der Waals surface area contributed by atoms with E-state index in [1.807, 2.05) is 0 Å². The highest BCUT2D eigenvalue weighted by molar-refractivity contribution is 6.30. The lowest BCUT2D eigenvalue weighted by atomic mass is 10.2. The summed E-state index contributed by atoms with van der Waals surface area (Å²) in [4.78, 5) is 22.2. The summed E-state index contributed by atoms with van der Waals surface area (Å²) in [7, 11) is 0. The van der Waals surface area contributed by atoms with E-state index in [1.54, 1.807) is 6.07 Å². The number of nitrogens with zero attached hydrogens (tertiary/aromatic N) is 2. The number of carbonyl (C=O) groups is 1. The molecular formula is C16H12ClFN4O2. The minimum Gasteiger partial charge on any atom is -0.478 e. The van der Waals surface area contributed by atoms with Gasteiger partial charge in [0.1, 0.15) is 28.9 Å². The molecule has 1 aromatic carbocycles. The largest absolute Gasteiger partial charge is 0.478 e. The molecule has 0 atom stereocenters. The van der Waals surface area contributed by atoms with Gasteiger partial charge in [-0.2, -0.15) is 0 Å². The number of hydrogen-bond acceptors (Lipinski definition) is 4. The lowest BCUT2D eigenvalue weighted by molar-refractivity contribution is 0.0699. The topological polar surface area (TPSA) is 90.9 Å². The molecule has 2 heterocycles. The highest BCUT2D eigenvalue weighted by Gasteiger charge is 2.16. The van der Waals surface area contributed by atoms with Crippen LogP contribution in [0.2, 0.25) is 5.02 Å². The first kappa shape index (κ1) is 15.9. The highest BCUT2D eigenvalue weighted by atomic mass is 35.5. The number of benzene rings is 1. The normalized spacial score (nSPS) is 10.8. The van der Waals surface area contributed by atoms with Crippen LogP contribution in [0.15, 0.2) is 37.3 Å². The number of hydrogen-bond donors (Lipinski definition) is 3. The third-order valence-corrected chi connectivity index (χ3v) is 3.76. The number of carboxylic acids is 1. The van der Waals surface area contributed by atoms with Gasteiger partial charge in [0.2, 0.25) is 0 Å². The van der Waals surface area contributed by atoms with Crippen molar-refractivity contribution in [2.75, 3.05) is 0 Å². The number of aromatic nitrogens is 3. The van der Waals surface area contributed by atoms with E-state index >= 15 is 0 Å². The van der Waals surface area contributed by atoms with Gasteiger partial charge >= 0.3 is 5.97 Å². The maximum Gasteiger partial charge on any atom is 0.339 e. The third-order valence-electron chi connectivity index (χ3n) is 3.47. The predicted octanol–water partition coefficient (Wildman–Crippen LogP) is 3.21. The van der Waals surface area contributed by atoms with Crippen LogP contribution in [0.3, 0.4) is 0 Å². The van der Waals surface area contributed by atoms with Crippen LogP contribution in [0.4, 0.5) is 4.39 Å². The van der Waals surface area contributed by atoms with E-state index in [0.29, 0.717) is 29.0 Å². The zero-order valence-corrected chi connectivity index (χ0v) is 13.1. The van der Waals surface area contributed by atoms with E-state index < -0.39 is 11.8 Å². The van der Waals surface area contributed by atoms with Crippen LogP contribution in [0.1, 0.15) is 21.6 Å². The summed E-state index contributed by atoms with van der Waals surface area (Å²) in [6, 6.07) is 4.41. The van der Waals surface area contributed by atoms with Crippen molar-refractivity contribution in [2.24, 2.45) is 0 Å². The molecule has 0 amide bonds. The Morgan fingerprint density at radius 1 is 1.42 bits per heavy atom. The van der Waals surface area contributed by atoms with Crippen LogP contribution in [0, 0.1) is 5.82 Å². The van der Waals surface area contributed by atoms with Crippen LogP contribution in [-0.2, 0) is 6.54 Å². The van der Waals surface area contributed by atoms with E-state index in [1.165, 1.54) is 24.7 Å². The summed E-state index contributed by atoms with van der Waals surface area (Å²) in [6.45, 7) is 4.27. The quantitative estimate of drug-likeness (QED) is 0.660. The lowest BCUT2D eigenvalue weighted by Gasteiger charge is -2.10. The second-order valence-electron chi connectivity index (χ2n) is 5.03. The molecule has 0 fully saturated rings. The summed E-state index contributed by atoms with van der Waals surface area (Å²) in [5.41, 5.74) is 2.55. The molecular weight excluding hydrogens is 335 g/mol. The molecule has 24 heavy (non-hydrogen) atoms. The zero-order chi connectivity index (χ0) is 17.3. The molecule has 0 unspecified atom stereocenters. The lowest BCUT2D eigenvalue weighted by Crippen LogP contribution is -2.12. The predicted molar refractivity (Wildman–Crippen MR) is 88.1 cm³/mol. The van der Waals surface area contributed by atoms with Gasteiger partial charge < -0.3 is 15.4 Å². The second kappa shape index (κ2) is 6.29. The van der Waals surface area contributed by atoms with Gasteiger partial charge in [-0.1, -0.05) is 24.2 Å². The molecule has 8 heteroatoms. The highest BCUT2D eigenvalue weighted by Crippen LogP contribution is 2.22. The minimum atomic E-state index is -1.08. The van der Waals surface area contributed by atoms with Crippen LogP contribution in [0.5, 0.6) is 0 Å². The zero-order valence-electron chi connectivity index (χ0n) is 12.3. The fraction of sp³-hybridized carbons (Fsp3) is 0.0625. The van der Waals surface area contributed by atoms with E-state index in [4.69, 9.17) is 16.7 Å². The van der Waals surface area contributed by atoms with Crippen molar-refractivity contribution < 1.29 is 14.3 Å². The first-order chi connectivity index (χ1) is 11.5. The van der Waals surface area contributed by atoms with Crippen LogP contribution >= 0.6 is 11.6 Å². The van der Waals surface area contributed by atoms with Crippen molar-refractivity contribution in [1.82, 2.24) is 20.3 Å². The van der Waals surface area contributed by atoms with Crippen molar-refractivity contribution in [2.45, 2.75) is 6.54 Å². The monoisotopic (exact) mass is 346 g/mol. The molecule has 0 aliphatic rings. The van der Waals surface area contributed by atoms with Crippen molar-refractivity contribution in [3.63, 3.8) is 0 Å². The molecule has 6 nitrogen and oxygen atoms in total. The Morgan fingerprint density at radius 2 is 2.21 bits per heavy atom. The van der Waals surface area contributed by atoms with E-state index in [-0.39, 0.29) is 10.6 Å². The Hall–Kier alpha value is -2.93. The number of H-pyrrole nitrogens is 1. The number of rotatable bonds is 5. The van der Waals surface area contributed by atoms with Gasteiger partial charge in [-0.15, -0.1) is 0 Å². The average Bonchev–Trinajstić information content (AvgIpc) is 3.00. The fourth-order valence-corrected chi connectivity index (χ4v) is 2.48. The molecule has 3 rings (SSSR count). The van der Waals surface area contributed by atoms with Gasteiger partial charge in [0.15, 0.2) is 0 Å². The molecule has 2 aromatic heterocycles. The van der Waals surface area contributed by atoms with E-state index in [9.17, 15) is 9.18 Å². The maximum absolute atomic E-state index is 13.2. The van der Waals surface area contributed by atoms with E-state index in [0.717, 1.165) is 5.56 Å².